The van der Waals surface area contributed by atoms with Crippen LogP contribution in [0.15, 0.2) is 48.5 Å². The molecule has 27 heavy (non-hydrogen) atoms. The second kappa shape index (κ2) is 7.99. The number of amides is 2. The number of aldehydes is 1. The van der Waals surface area contributed by atoms with Gasteiger partial charge in [0.15, 0.2) is 0 Å². The van der Waals surface area contributed by atoms with Crippen molar-refractivity contribution in [3.8, 4) is 0 Å². The molecular weight excluding hydrogens is 351 g/mol. The number of hydrogen-bond acceptors (Lipinski definition) is 3. The number of halogens is 1. The molecule has 7 heteroatoms. The number of carboxylic acid groups (broad SMARTS) is 1. The van der Waals surface area contributed by atoms with Crippen molar-refractivity contribution in [2.45, 2.75) is 19.0 Å². The third-order valence-corrected chi connectivity index (χ3v) is 4.69. The van der Waals surface area contributed by atoms with Crippen LogP contribution in [0.3, 0.4) is 0 Å². The molecule has 2 amide bonds. The van der Waals surface area contributed by atoms with Gasteiger partial charge in [-0.25, -0.2) is 9.18 Å². The number of rotatable bonds is 5. The van der Waals surface area contributed by atoms with Gasteiger partial charge >= 0.3 is 6.09 Å². The molecule has 0 saturated carbocycles. The fraction of sp³-hybridized carbons (Fsp3) is 0.250. The zero-order valence-electron chi connectivity index (χ0n) is 14.5. The van der Waals surface area contributed by atoms with Gasteiger partial charge in [0.1, 0.15) is 12.1 Å². The molecule has 0 aliphatic carbocycles. The summed E-state index contributed by atoms with van der Waals surface area (Å²) in [6, 6.07) is 12.4. The summed E-state index contributed by atoms with van der Waals surface area (Å²) in [6.45, 7) is 0.730. The predicted octanol–water partition coefficient (Wildman–Crippen LogP) is 3.03. The quantitative estimate of drug-likeness (QED) is 0.821. The van der Waals surface area contributed by atoms with Gasteiger partial charge < -0.3 is 10.0 Å². The van der Waals surface area contributed by atoms with E-state index in [1.807, 2.05) is 30.3 Å². The molecule has 0 spiro atoms. The minimum absolute atomic E-state index is 0.176. The van der Waals surface area contributed by atoms with E-state index in [4.69, 9.17) is 0 Å². The van der Waals surface area contributed by atoms with Crippen LogP contribution in [-0.2, 0) is 6.54 Å². The van der Waals surface area contributed by atoms with Crippen LogP contribution in [0, 0.1) is 5.82 Å². The summed E-state index contributed by atoms with van der Waals surface area (Å²) < 4.78 is 14.0. The van der Waals surface area contributed by atoms with Gasteiger partial charge in [-0.2, -0.15) is 0 Å². The summed E-state index contributed by atoms with van der Waals surface area (Å²) in [5, 5.41) is 9.57. The van der Waals surface area contributed by atoms with Crippen molar-refractivity contribution in [3.63, 3.8) is 0 Å². The van der Waals surface area contributed by atoms with Crippen molar-refractivity contribution in [3.05, 3.63) is 71.0 Å². The first-order valence-corrected chi connectivity index (χ1v) is 8.57. The third kappa shape index (κ3) is 4.13. The molecule has 1 unspecified atom stereocenters. The van der Waals surface area contributed by atoms with E-state index in [0.717, 1.165) is 11.6 Å². The molecule has 6 nitrogen and oxygen atoms in total. The molecule has 0 radical (unpaired) electrons. The molecule has 1 N–H and O–H groups in total. The normalized spacial score (nSPS) is 16.2. The molecule has 2 aromatic rings. The number of nitrogens with zero attached hydrogens (tertiary/aromatic N) is 2. The zero-order valence-corrected chi connectivity index (χ0v) is 14.5. The van der Waals surface area contributed by atoms with Gasteiger partial charge in [-0.15, -0.1) is 0 Å². The number of likely N-dealkylation sites (tertiary alicyclic amines) is 1. The average Bonchev–Trinajstić information content (AvgIpc) is 3.16. The van der Waals surface area contributed by atoms with E-state index in [1.54, 1.807) is 0 Å². The van der Waals surface area contributed by atoms with Gasteiger partial charge in [0.2, 0.25) is 0 Å². The van der Waals surface area contributed by atoms with Gasteiger partial charge in [-0.05, 0) is 30.2 Å². The summed E-state index contributed by atoms with van der Waals surface area (Å²) >= 11 is 0. The largest absolute Gasteiger partial charge is 0.465 e. The Bertz CT molecular complexity index is 856. The lowest BCUT2D eigenvalue weighted by Gasteiger charge is -2.26. The Morgan fingerprint density at radius 2 is 1.96 bits per heavy atom. The highest BCUT2D eigenvalue weighted by molar-refractivity contribution is 5.96. The van der Waals surface area contributed by atoms with Crippen LogP contribution < -0.4 is 0 Å². The van der Waals surface area contributed by atoms with Gasteiger partial charge in [-0.3, -0.25) is 14.5 Å². The minimum atomic E-state index is -1.06. The van der Waals surface area contributed by atoms with E-state index in [0.29, 0.717) is 19.3 Å². The van der Waals surface area contributed by atoms with Crippen LogP contribution in [0.25, 0.3) is 0 Å². The van der Waals surface area contributed by atoms with Crippen molar-refractivity contribution in [1.29, 1.82) is 0 Å². The smallest absolute Gasteiger partial charge is 0.407 e. The molecule has 1 heterocycles. The molecule has 140 valence electrons. The molecule has 3 rings (SSSR count). The lowest BCUT2D eigenvalue weighted by molar-refractivity contribution is 0.0763. The maximum Gasteiger partial charge on any atom is 0.407 e. The Hall–Kier alpha value is -3.22. The van der Waals surface area contributed by atoms with Gasteiger partial charge in [-0.1, -0.05) is 30.3 Å². The van der Waals surface area contributed by atoms with E-state index < -0.39 is 17.8 Å². The van der Waals surface area contributed by atoms with Crippen LogP contribution in [0.4, 0.5) is 9.18 Å². The van der Waals surface area contributed by atoms with Crippen LogP contribution in [0.2, 0.25) is 0 Å². The Balaban J connectivity index is 1.74. The highest BCUT2D eigenvalue weighted by Gasteiger charge is 2.34. The monoisotopic (exact) mass is 370 g/mol. The van der Waals surface area contributed by atoms with Crippen molar-refractivity contribution < 1.29 is 23.9 Å². The van der Waals surface area contributed by atoms with E-state index in [1.165, 1.54) is 21.9 Å². The number of hydrogen-bond donors (Lipinski definition) is 1. The fourth-order valence-electron chi connectivity index (χ4n) is 3.26. The van der Waals surface area contributed by atoms with Crippen LogP contribution in [-0.4, -0.2) is 52.3 Å². The first kappa shape index (κ1) is 18.6. The van der Waals surface area contributed by atoms with Crippen LogP contribution >= 0.6 is 0 Å². The van der Waals surface area contributed by atoms with Crippen molar-refractivity contribution in [2.75, 3.05) is 13.1 Å². The molecular formula is C20H19FN2O4. The lowest BCUT2D eigenvalue weighted by atomic mass is 10.1. The van der Waals surface area contributed by atoms with E-state index in [2.05, 4.69) is 0 Å². The molecule has 0 aromatic heterocycles. The highest BCUT2D eigenvalue weighted by atomic mass is 19.1. The Morgan fingerprint density at radius 3 is 2.63 bits per heavy atom. The highest BCUT2D eigenvalue weighted by Crippen LogP contribution is 2.22. The summed E-state index contributed by atoms with van der Waals surface area (Å²) in [4.78, 5) is 38.0. The van der Waals surface area contributed by atoms with Crippen LogP contribution in [0.5, 0.6) is 0 Å². The van der Waals surface area contributed by atoms with Gasteiger partial charge in [0, 0.05) is 25.2 Å². The first-order valence-electron chi connectivity index (χ1n) is 8.57. The molecule has 1 fully saturated rings. The lowest BCUT2D eigenvalue weighted by Crippen LogP contribution is -2.41. The zero-order chi connectivity index (χ0) is 19.4. The van der Waals surface area contributed by atoms with Crippen molar-refractivity contribution in [1.82, 2.24) is 9.80 Å². The molecule has 1 aliphatic rings. The summed E-state index contributed by atoms with van der Waals surface area (Å²) in [6.07, 6.45) is -0.0400. The van der Waals surface area contributed by atoms with Gasteiger partial charge in [0.25, 0.3) is 5.91 Å². The minimum Gasteiger partial charge on any atom is -0.465 e. The Morgan fingerprint density at radius 1 is 1.22 bits per heavy atom. The van der Waals surface area contributed by atoms with Gasteiger partial charge in [0.05, 0.1) is 11.6 Å². The number of carbonyl (C=O) groups is 3. The van der Waals surface area contributed by atoms with Crippen LogP contribution in [0.1, 0.15) is 32.7 Å². The second-order valence-corrected chi connectivity index (χ2v) is 6.45. The maximum absolute atomic E-state index is 14.0. The Labute approximate surface area is 155 Å². The second-order valence-electron chi connectivity index (χ2n) is 6.45. The van der Waals surface area contributed by atoms with E-state index in [9.17, 15) is 23.9 Å². The summed E-state index contributed by atoms with van der Waals surface area (Å²) in [7, 11) is 0. The average molecular weight is 370 g/mol. The molecule has 1 atom stereocenters. The standard InChI is InChI=1S/C20H19FN2O4/c21-18-7-6-15(13-24)10-17(18)19(25)22-9-8-16(12-22)23(20(26)27)11-14-4-2-1-3-5-14/h1-7,10,13,16H,8-9,11-12H2,(H,26,27). The predicted molar refractivity (Wildman–Crippen MR) is 96.1 cm³/mol. The maximum atomic E-state index is 14.0. The van der Waals surface area contributed by atoms with Crippen molar-refractivity contribution >= 4 is 18.3 Å². The van der Waals surface area contributed by atoms with E-state index in [-0.39, 0.29) is 30.3 Å². The van der Waals surface area contributed by atoms with Crippen molar-refractivity contribution in [2.24, 2.45) is 0 Å². The molecule has 0 bridgehead atoms. The molecule has 2 aromatic carbocycles. The SMILES string of the molecule is O=Cc1ccc(F)c(C(=O)N2CCC(N(Cc3ccccc3)C(=O)O)C2)c1. The number of carbonyl (C=O) groups excluding carboxylic acids is 2. The topological polar surface area (TPSA) is 77.9 Å². The summed E-state index contributed by atoms with van der Waals surface area (Å²) in [5.41, 5.74) is 0.895. The summed E-state index contributed by atoms with van der Waals surface area (Å²) in [5.74, 6) is -1.24. The fourth-order valence-corrected chi connectivity index (χ4v) is 3.26. The Kier molecular flexibility index (Phi) is 5.49. The number of benzene rings is 2. The third-order valence-electron chi connectivity index (χ3n) is 4.69. The molecule has 1 saturated heterocycles. The van der Waals surface area contributed by atoms with E-state index >= 15 is 0 Å². The molecule has 1 aliphatic heterocycles. The first-order chi connectivity index (χ1) is 13.0.